The number of benzene rings is 2. The van der Waals surface area contributed by atoms with Crippen LogP contribution in [0.5, 0.6) is 0 Å². The van der Waals surface area contributed by atoms with E-state index in [2.05, 4.69) is 16.0 Å². The normalized spacial score (nSPS) is 14.1. The van der Waals surface area contributed by atoms with Crippen LogP contribution in [0, 0.1) is 0 Å². The van der Waals surface area contributed by atoms with Crippen molar-refractivity contribution in [3.8, 4) is 0 Å². The van der Waals surface area contributed by atoms with Crippen LogP contribution >= 0.6 is 0 Å². The number of hydrogen-bond donors (Lipinski definition) is 3. The van der Waals surface area contributed by atoms with E-state index in [-0.39, 0.29) is 36.2 Å². The largest absolute Gasteiger partial charge is 0.349 e. The summed E-state index contributed by atoms with van der Waals surface area (Å²) in [5.41, 5.74) is 1.47. The summed E-state index contributed by atoms with van der Waals surface area (Å²) in [4.78, 5) is 36.8. The first-order valence-corrected chi connectivity index (χ1v) is 9.08. The molecule has 1 saturated carbocycles. The standard InChI is InChI=1S/C21H23N3O3/c1-14(22-20(26)15-7-3-2-4-8-15)13-19(25)24-18-10-6-5-9-17(18)21(27)23-16-11-12-16/h2-10,14,16H,11-13H2,1H3,(H,22,26)(H,23,27)(H,24,25)/t14-/m0/s1. The molecule has 27 heavy (non-hydrogen) atoms. The van der Waals surface area contributed by atoms with Gasteiger partial charge in [0.2, 0.25) is 5.91 Å². The first-order valence-electron chi connectivity index (χ1n) is 9.08. The Kier molecular flexibility index (Phi) is 5.86. The van der Waals surface area contributed by atoms with Gasteiger partial charge in [-0.05, 0) is 44.0 Å². The summed E-state index contributed by atoms with van der Waals surface area (Å²) >= 11 is 0. The third-order valence-corrected chi connectivity index (χ3v) is 4.26. The van der Waals surface area contributed by atoms with Gasteiger partial charge in [0.1, 0.15) is 0 Å². The highest BCUT2D eigenvalue weighted by Crippen LogP contribution is 2.21. The fourth-order valence-corrected chi connectivity index (χ4v) is 2.71. The molecule has 0 bridgehead atoms. The molecule has 2 aromatic rings. The Hall–Kier alpha value is -3.15. The molecule has 0 saturated heterocycles. The smallest absolute Gasteiger partial charge is 0.253 e. The predicted molar refractivity (Wildman–Crippen MR) is 104 cm³/mol. The van der Waals surface area contributed by atoms with Gasteiger partial charge >= 0.3 is 0 Å². The second-order valence-electron chi connectivity index (χ2n) is 6.79. The minimum Gasteiger partial charge on any atom is -0.349 e. The van der Waals surface area contributed by atoms with Crippen LogP contribution in [0.1, 0.15) is 46.9 Å². The van der Waals surface area contributed by atoms with Crippen molar-refractivity contribution < 1.29 is 14.4 Å². The molecule has 1 fully saturated rings. The van der Waals surface area contributed by atoms with E-state index in [4.69, 9.17) is 0 Å². The summed E-state index contributed by atoms with van der Waals surface area (Å²) < 4.78 is 0. The summed E-state index contributed by atoms with van der Waals surface area (Å²) in [6.07, 6.45) is 2.11. The molecule has 6 nitrogen and oxygen atoms in total. The number of para-hydroxylation sites is 1. The monoisotopic (exact) mass is 365 g/mol. The van der Waals surface area contributed by atoms with Gasteiger partial charge in [0.05, 0.1) is 11.3 Å². The minimum atomic E-state index is -0.342. The van der Waals surface area contributed by atoms with E-state index in [0.29, 0.717) is 16.8 Å². The second kappa shape index (κ2) is 8.49. The van der Waals surface area contributed by atoms with Crippen molar-refractivity contribution in [1.82, 2.24) is 10.6 Å². The van der Waals surface area contributed by atoms with Gasteiger partial charge in [-0.2, -0.15) is 0 Å². The SMILES string of the molecule is C[C@@H](CC(=O)Nc1ccccc1C(=O)NC1CC1)NC(=O)c1ccccc1. The molecule has 6 heteroatoms. The molecule has 3 N–H and O–H groups in total. The van der Waals surface area contributed by atoms with Gasteiger partial charge in [-0.15, -0.1) is 0 Å². The van der Waals surface area contributed by atoms with Crippen molar-refractivity contribution in [3.63, 3.8) is 0 Å². The third-order valence-electron chi connectivity index (χ3n) is 4.26. The number of amides is 3. The number of nitrogens with one attached hydrogen (secondary N) is 3. The molecule has 0 aliphatic heterocycles. The zero-order chi connectivity index (χ0) is 19.2. The van der Waals surface area contributed by atoms with Crippen molar-refractivity contribution in [2.24, 2.45) is 0 Å². The van der Waals surface area contributed by atoms with Gasteiger partial charge in [-0.3, -0.25) is 14.4 Å². The Bertz CT molecular complexity index is 832. The van der Waals surface area contributed by atoms with E-state index in [1.54, 1.807) is 55.5 Å². The lowest BCUT2D eigenvalue weighted by atomic mass is 10.1. The van der Waals surface area contributed by atoms with Crippen molar-refractivity contribution in [2.45, 2.75) is 38.3 Å². The molecular weight excluding hydrogens is 342 g/mol. The van der Waals surface area contributed by atoms with Crippen LogP contribution in [0.2, 0.25) is 0 Å². The van der Waals surface area contributed by atoms with Crippen molar-refractivity contribution >= 4 is 23.4 Å². The zero-order valence-corrected chi connectivity index (χ0v) is 15.2. The molecule has 3 amide bonds. The first kappa shape index (κ1) is 18.6. The molecule has 0 aromatic heterocycles. The number of rotatable bonds is 7. The first-order chi connectivity index (χ1) is 13.0. The maximum Gasteiger partial charge on any atom is 0.253 e. The number of carbonyl (C=O) groups is 3. The van der Waals surface area contributed by atoms with Gasteiger partial charge < -0.3 is 16.0 Å². The molecular formula is C21H23N3O3. The van der Waals surface area contributed by atoms with Gasteiger partial charge in [0.25, 0.3) is 11.8 Å². The van der Waals surface area contributed by atoms with Crippen LogP contribution < -0.4 is 16.0 Å². The van der Waals surface area contributed by atoms with E-state index in [1.807, 2.05) is 6.07 Å². The Morgan fingerprint density at radius 1 is 0.963 bits per heavy atom. The third kappa shape index (κ3) is 5.41. The van der Waals surface area contributed by atoms with E-state index >= 15 is 0 Å². The molecule has 2 aromatic carbocycles. The average Bonchev–Trinajstić information content (AvgIpc) is 3.46. The number of anilines is 1. The molecule has 1 aliphatic carbocycles. The van der Waals surface area contributed by atoms with E-state index in [0.717, 1.165) is 12.8 Å². The van der Waals surface area contributed by atoms with Crippen LogP contribution in [0.25, 0.3) is 0 Å². The summed E-state index contributed by atoms with van der Waals surface area (Å²) in [6.45, 7) is 1.77. The minimum absolute atomic E-state index is 0.108. The van der Waals surface area contributed by atoms with E-state index in [1.165, 1.54) is 0 Å². The fourth-order valence-electron chi connectivity index (χ4n) is 2.71. The van der Waals surface area contributed by atoms with Crippen LogP contribution in [0.3, 0.4) is 0 Å². The molecule has 1 atom stereocenters. The highest BCUT2D eigenvalue weighted by molar-refractivity contribution is 6.04. The van der Waals surface area contributed by atoms with Crippen molar-refractivity contribution in [3.05, 3.63) is 65.7 Å². The van der Waals surface area contributed by atoms with Gasteiger partial charge in [-0.25, -0.2) is 0 Å². The Labute approximate surface area is 158 Å². The fraction of sp³-hybridized carbons (Fsp3) is 0.286. The van der Waals surface area contributed by atoms with Crippen LogP contribution in [-0.2, 0) is 4.79 Å². The molecule has 140 valence electrons. The van der Waals surface area contributed by atoms with Crippen molar-refractivity contribution in [2.75, 3.05) is 5.32 Å². The zero-order valence-electron chi connectivity index (χ0n) is 15.2. The van der Waals surface area contributed by atoms with Crippen LogP contribution in [-0.4, -0.2) is 29.8 Å². The molecule has 0 unspecified atom stereocenters. The van der Waals surface area contributed by atoms with Crippen LogP contribution in [0.15, 0.2) is 54.6 Å². The Balaban J connectivity index is 1.56. The second-order valence-corrected chi connectivity index (χ2v) is 6.79. The molecule has 0 heterocycles. The van der Waals surface area contributed by atoms with Crippen LogP contribution in [0.4, 0.5) is 5.69 Å². The average molecular weight is 365 g/mol. The number of hydrogen-bond acceptors (Lipinski definition) is 3. The van der Waals surface area contributed by atoms with Gasteiger partial charge in [-0.1, -0.05) is 30.3 Å². The van der Waals surface area contributed by atoms with E-state index in [9.17, 15) is 14.4 Å². The quantitative estimate of drug-likeness (QED) is 0.705. The van der Waals surface area contributed by atoms with Crippen molar-refractivity contribution in [1.29, 1.82) is 0 Å². The maximum absolute atomic E-state index is 12.4. The Morgan fingerprint density at radius 2 is 1.63 bits per heavy atom. The van der Waals surface area contributed by atoms with Gasteiger partial charge in [0, 0.05) is 24.1 Å². The molecule has 1 aliphatic rings. The summed E-state index contributed by atoms with van der Waals surface area (Å²) in [6, 6.07) is 15.7. The Morgan fingerprint density at radius 3 is 2.33 bits per heavy atom. The summed E-state index contributed by atoms with van der Waals surface area (Å²) in [5, 5.41) is 8.51. The molecule has 0 spiro atoms. The molecule has 0 radical (unpaired) electrons. The summed E-state index contributed by atoms with van der Waals surface area (Å²) in [7, 11) is 0. The summed E-state index contributed by atoms with van der Waals surface area (Å²) in [5.74, 6) is -0.665. The maximum atomic E-state index is 12.4. The van der Waals surface area contributed by atoms with E-state index < -0.39 is 0 Å². The lowest BCUT2D eigenvalue weighted by Gasteiger charge is -2.15. The predicted octanol–water partition coefficient (Wildman–Crippen LogP) is 2.73. The highest BCUT2D eigenvalue weighted by atomic mass is 16.2. The molecule has 3 rings (SSSR count). The number of carbonyl (C=O) groups excluding carboxylic acids is 3. The van der Waals surface area contributed by atoms with Gasteiger partial charge in [0.15, 0.2) is 0 Å². The topological polar surface area (TPSA) is 87.3 Å². The highest BCUT2D eigenvalue weighted by Gasteiger charge is 2.25. The lowest BCUT2D eigenvalue weighted by Crippen LogP contribution is -2.35. The lowest BCUT2D eigenvalue weighted by molar-refractivity contribution is -0.116.